The lowest BCUT2D eigenvalue weighted by Gasteiger charge is -1.81. The zero-order valence-corrected chi connectivity index (χ0v) is 4.26. The Morgan fingerprint density at radius 2 is 2.38 bits per heavy atom. The Kier molecular flexibility index (Phi) is 3.54. The molecule has 0 amide bonds. The summed E-state index contributed by atoms with van der Waals surface area (Å²) in [7, 11) is 0. The number of allylic oxidation sites excluding steroid dienone is 1. The van der Waals surface area contributed by atoms with Gasteiger partial charge in [-0.05, 0) is 6.42 Å². The Hall–Kier alpha value is -1.08. The van der Waals surface area contributed by atoms with Gasteiger partial charge in [0.2, 0.25) is 0 Å². The van der Waals surface area contributed by atoms with Crippen molar-refractivity contribution >= 4 is 11.9 Å². The van der Waals surface area contributed by atoms with Gasteiger partial charge in [-0.15, -0.1) is 0 Å². The molecule has 0 aromatic rings. The lowest BCUT2D eigenvalue weighted by atomic mass is 10.3. The number of hydrogen-bond acceptors (Lipinski definition) is 2. The summed E-state index contributed by atoms with van der Waals surface area (Å²) in [5.41, 5.74) is 0. The maximum Gasteiger partial charge on any atom is 0.303 e. The first-order valence-electron chi connectivity index (χ1n) is 2.18. The highest BCUT2D eigenvalue weighted by atomic mass is 16.4. The summed E-state index contributed by atoms with van der Waals surface area (Å²) >= 11 is 0. The van der Waals surface area contributed by atoms with Gasteiger partial charge in [-0.1, -0.05) is 0 Å². The molecule has 3 nitrogen and oxygen atoms in total. The van der Waals surface area contributed by atoms with E-state index in [2.05, 4.69) is 0 Å². The minimum absolute atomic E-state index is 0.00917. The van der Waals surface area contributed by atoms with Gasteiger partial charge in [0.05, 0.1) is 0 Å². The lowest BCUT2D eigenvalue weighted by molar-refractivity contribution is -0.136. The molecule has 0 fully saturated rings. The quantitative estimate of drug-likeness (QED) is 0.534. The van der Waals surface area contributed by atoms with Crippen molar-refractivity contribution in [3.05, 3.63) is 6.08 Å². The van der Waals surface area contributed by atoms with Crippen molar-refractivity contribution in [2.75, 3.05) is 0 Å². The van der Waals surface area contributed by atoms with Crippen LogP contribution in [0.3, 0.4) is 0 Å². The van der Waals surface area contributed by atoms with Crippen LogP contribution in [-0.2, 0) is 9.59 Å². The fourth-order valence-electron chi connectivity index (χ4n) is 0.255. The molecule has 0 saturated heterocycles. The van der Waals surface area contributed by atoms with Crippen LogP contribution in [0.15, 0.2) is 6.08 Å². The molecule has 0 aromatic carbocycles. The van der Waals surface area contributed by atoms with Gasteiger partial charge in [-0.25, -0.2) is 4.79 Å². The largest absolute Gasteiger partial charge is 0.481 e. The molecule has 0 unspecified atom stereocenters. The summed E-state index contributed by atoms with van der Waals surface area (Å²) < 4.78 is 0. The van der Waals surface area contributed by atoms with E-state index < -0.39 is 5.97 Å². The molecular weight excluding hydrogens is 108 g/mol. The lowest BCUT2D eigenvalue weighted by Crippen LogP contribution is -1.91. The van der Waals surface area contributed by atoms with E-state index in [0.717, 1.165) is 6.08 Å². The van der Waals surface area contributed by atoms with Crippen LogP contribution in [0, 0.1) is 0 Å². The first-order chi connectivity index (χ1) is 3.77. The van der Waals surface area contributed by atoms with Crippen LogP contribution in [0.4, 0.5) is 0 Å². The fourth-order valence-corrected chi connectivity index (χ4v) is 0.255. The number of carboxylic acids is 1. The third kappa shape index (κ3) is 4.92. The Balaban J connectivity index is 3.18. The summed E-state index contributed by atoms with van der Waals surface area (Å²) in [6.45, 7) is 0. The minimum Gasteiger partial charge on any atom is -0.481 e. The molecule has 0 aliphatic carbocycles. The van der Waals surface area contributed by atoms with Crippen molar-refractivity contribution < 1.29 is 14.7 Å². The SMILES string of the molecule is O=C=CCCC(=O)O. The zero-order chi connectivity index (χ0) is 6.41. The summed E-state index contributed by atoms with van der Waals surface area (Å²) in [5.74, 6) is 0.593. The number of carbonyl (C=O) groups is 1. The number of aliphatic carboxylic acids is 1. The van der Waals surface area contributed by atoms with Crippen LogP contribution in [0.2, 0.25) is 0 Å². The summed E-state index contributed by atoms with van der Waals surface area (Å²) in [5, 5.41) is 7.99. The molecule has 0 rings (SSSR count). The molecule has 1 N–H and O–H groups in total. The van der Waals surface area contributed by atoms with Crippen molar-refractivity contribution in [2.45, 2.75) is 12.8 Å². The molecular formula is C5H6O3. The summed E-state index contributed by atoms with van der Waals surface area (Å²) in [4.78, 5) is 19.1. The molecule has 0 atom stereocenters. The van der Waals surface area contributed by atoms with Gasteiger partial charge in [0.1, 0.15) is 5.94 Å². The third-order valence-corrected chi connectivity index (χ3v) is 0.586. The number of rotatable bonds is 3. The Labute approximate surface area is 46.6 Å². The van der Waals surface area contributed by atoms with Crippen LogP contribution in [0.25, 0.3) is 0 Å². The second kappa shape index (κ2) is 4.09. The van der Waals surface area contributed by atoms with E-state index in [0.29, 0.717) is 0 Å². The van der Waals surface area contributed by atoms with E-state index >= 15 is 0 Å². The second-order valence-electron chi connectivity index (χ2n) is 1.25. The predicted octanol–water partition coefficient (Wildman–Crippen LogP) is 0.239. The molecule has 3 heteroatoms. The highest BCUT2D eigenvalue weighted by Crippen LogP contribution is 1.85. The van der Waals surface area contributed by atoms with Crippen LogP contribution >= 0.6 is 0 Å². The van der Waals surface area contributed by atoms with Gasteiger partial charge in [-0.2, -0.15) is 0 Å². The standard InChI is InChI=1S/C5H6O3/c6-4-2-1-3-5(7)8/h2H,1,3H2,(H,7,8). The van der Waals surface area contributed by atoms with Crippen LogP contribution < -0.4 is 0 Å². The van der Waals surface area contributed by atoms with Crippen molar-refractivity contribution in [3.8, 4) is 0 Å². The van der Waals surface area contributed by atoms with Gasteiger partial charge in [0.15, 0.2) is 0 Å². The summed E-state index contributed by atoms with van der Waals surface area (Å²) in [6, 6.07) is 0. The monoisotopic (exact) mass is 114 g/mol. The maximum absolute atomic E-state index is 9.72. The van der Waals surface area contributed by atoms with Crippen molar-refractivity contribution in [1.29, 1.82) is 0 Å². The highest BCUT2D eigenvalue weighted by molar-refractivity contribution is 5.67. The van der Waals surface area contributed by atoms with Crippen LogP contribution in [-0.4, -0.2) is 17.0 Å². The smallest absolute Gasteiger partial charge is 0.303 e. The molecule has 0 saturated carbocycles. The van der Waals surface area contributed by atoms with E-state index in [9.17, 15) is 9.59 Å². The molecule has 0 spiro atoms. The van der Waals surface area contributed by atoms with Crippen LogP contribution in [0.5, 0.6) is 0 Å². The number of carbonyl (C=O) groups excluding carboxylic acids is 1. The van der Waals surface area contributed by atoms with E-state index in [1.807, 2.05) is 0 Å². The Morgan fingerprint density at radius 1 is 1.75 bits per heavy atom. The molecule has 0 aliphatic heterocycles. The molecule has 0 bridgehead atoms. The molecule has 44 valence electrons. The van der Waals surface area contributed by atoms with E-state index in [1.165, 1.54) is 5.94 Å². The van der Waals surface area contributed by atoms with Gasteiger partial charge in [0, 0.05) is 12.5 Å². The van der Waals surface area contributed by atoms with E-state index in [1.54, 1.807) is 0 Å². The first kappa shape index (κ1) is 6.92. The normalized spacial score (nSPS) is 7.50. The minimum atomic E-state index is -0.892. The van der Waals surface area contributed by atoms with Gasteiger partial charge < -0.3 is 5.11 Å². The van der Waals surface area contributed by atoms with Crippen LogP contribution in [0.1, 0.15) is 12.8 Å². The van der Waals surface area contributed by atoms with Gasteiger partial charge in [0.25, 0.3) is 0 Å². The molecule has 0 aliphatic rings. The number of hydrogen-bond donors (Lipinski definition) is 1. The first-order valence-corrected chi connectivity index (χ1v) is 2.18. The molecule has 0 heterocycles. The Bertz CT molecular complexity index is 120. The maximum atomic E-state index is 9.72. The topological polar surface area (TPSA) is 54.4 Å². The van der Waals surface area contributed by atoms with E-state index in [-0.39, 0.29) is 12.8 Å². The van der Waals surface area contributed by atoms with E-state index in [4.69, 9.17) is 5.11 Å². The fraction of sp³-hybridized carbons (Fsp3) is 0.400. The second-order valence-corrected chi connectivity index (χ2v) is 1.25. The summed E-state index contributed by atoms with van der Waals surface area (Å²) in [6.07, 6.45) is 1.45. The van der Waals surface area contributed by atoms with Crippen molar-refractivity contribution in [3.63, 3.8) is 0 Å². The van der Waals surface area contributed by atoms with Gasteiger partial charge >= 0.3 is 5.97 Å². The average Bonchev–Trinajstić information content (AvgIpc) is 1.66. The Morgan fingerprint density at radius 3 is 2.75 bits per heavy atom. The van der Waals surface area contributed by atoms with Crippen molar-refractivity contribution in [1.82, 2.24) is 0 Å². The zero-order valence-electron chi connectivity index (χ0n) is 4.26. The number of carboxylic acid groups (broad SMARTS) is 1. The predicted molar refractivity (Wildman–Crippen MR) is 27.1 cm³/mol. The average molecular weight is 114 g/mol. The third-order valence-electron chi connectivity index (χ3n) is 0.586. The molecule has 0 radical (unpaired) electrons. The van der Waals surface area contributed by atoms with Crippen molar-refractivity contribution in [2.24, 2.45) is 0 Å². The highest BCUT2D eigenvalue weighted by Gasteiger charge is 1.90. The molecule has 8 heavy (non-hydrogen) atoms. The van der Waals surface area contributed by atoms with Gasteiger partial charge in [-0.3, -0.25) is 4.79 Å². The molecule has 0 aromatic heterocycles.